The normalized spacial score (nSPS) is 14.8. The first-order valence-electron chi connectivity index (χ1n) is 21.1. The van der Waals surface area contributed by atoms with Gasteiger partial charge in [0.15, 0.2) is 5.58 Å². The molecule has 60 heavy (non-hydrogen) atoms. The predicted octanol–water partition coefficient (Wildman–Crippen LogP) is 13.8. The molecule has 0 N–H and O–H groups in total. The molecule has 0 aliphatic carbocycles. The summed E-state index contributed by atoms with van der Waals surface area (Å²) in [4.78, 5) is 5.19. The predicted molar refractivity (Wildman–Crippen MR) is 251 cm³/mol. The number of nitrogens with zero attached hydrogens (tertiary/aromatic N) is 2. The first kappa shape index (κ1) is 33.9. The maximum atomic E-state index is 7.12. The lowest BCUT2D eigenvalue weighted by Gasteiger charge is -2.51. The molecule has 13 rings (SSSR count). The van der Waals surface area contributed by atoms with E-state index in [1.165, 1.54) is 61.2 Å². The second-order valence-electron chi connectivity index (χ2n) is 18.4. The molecule has 2 aromatic heterocycles. The van der Waals surface area contributed by atoms with Gasteiger partial charge in [0.05, 0.1) is 11.4 Å². The van der Waals surface area contributed by atoms with Crippen LogP contribution in [0.5, 0.6) is 0 Å². The summed E-state index contributed by atoms with van der Waals surface area (Å²) < 4.78 is 14.2. The molecule has 10 aromatic rings. The Hall–Kier alpha value is -6.98. The zero-order chi connectivity index (χ0) is 40.2. The van der Waals surface area contributed by atoms with E-state index in [-0.39, 0.29) is 17.7 Å². The van der Waals surface area contributed by atoms with Crippen LogP contribution in [0.2, 0.25) is 0 Å². The third-order valence-corrected chi connectivity index (χ3v) is 13.8. The minimum absolute atomic E-state index is 0.0520. The third kappa shape index (κ3) is 4.31. The van der Waals surface area contributed by atoms with Crippen LogP contribution in [0.4, 0.5) is 28.4 Å². The SMILES string of the molecule is CC(C)(C)c1ccc(N2c3cc4c(oc5ccccc54)c4c3B(c3ccc5c(oc6ccccc65)c32)N2c3ccccc3C(C)(C)c3cccc-4c32)c(-c2ccccc2)c1. The molecule has 4 nitrogen and oxygen atoms in total. The van der Waals surface area contributed by atoms with Crippen LogP contribution in [-0.2, 0) is 10.8 Å². The fourth-order valence-electron chi connectivity index (χ4n) is 10.9. The van der Waals surface area contributed by atoms with E-state index < -0.39 is 0 Å². The van der Waals surface area contributed by atoms with Crippen molar-refractivity contribution in [2.75, 3.05) is 9.71 Å². The highest BCUT2D eigenvalue weighted by Crippen LogP contribution is 2.58. The van der Waals surface area contributed by atoms with E-state index in [9.17, 15) is 0 Å². The summed E-state index contributed by atoms with van der Waals surface area (Å²) in [6.07, 6.45) is 0. The number of para-hydroxylation sites is 4. The molecule has 0 spiro atoms. The van der Waals surface area contributed by atoms with Crippen molar-refractivity contribution in [1.82, 2.24) is 0 Å². The first-order valence-corrected chi connectivity index (χ1v) is 21.1. The summed E-state index contributed by atoms with van der Waals surface area (Å²) >= 11 is 0. The van der Waals surface area contributed by atoms with Crippen LogP contribution >= 0.6 is 0 Å². The van der Waals surface area contributed by atoms with Gasteiger partial charge in [0, 0.05) is 60.7 Å². The lowest BCUT2D eigenvalue weighted by Crippen LogP contribution is -2.63. The van der Waals surface area contributed by atoms with Gasteiger partial charge in [-0.25, -0.2) is 0 Å². The van der Waals surface area contributed by atoms with E-state index in [4.69, 9.17) is 8.83 Å². The van der Waals surface area contributed by atoms with E-state index in [1.807, 2.05) is 0 Å². The summed E-state index contributed by atoms with van der Waals surface area (Å²) in [5.41, 5.74) is 20.2. The third-order valence-electron chi connectivity index (χ3n) is 13.8. The van der Waals surface area contributed by atoms with Crippen molar-refractivity contribution in [1.29, 1.82) is 0 Å². The Labute approximate surface area is 349 Å². The lowest BCUT2D eigenvalue weighted by molar-refractivity contribution is 0.590. The Morgan fingerprint density at radius 2 is 1.20 bits per heavy atom. The summed E-state index contributed by atoms with van der Waals surface area (Å²) in [5, 5.41) is 4.45. The first-order chi connectivity index (χ1) is 29.2. The van der Waals surface area contributed by atoms with Gasteiger partial charge in [0.2, 0.25) is 0 Å². The molecule has 0 radical (unpaired) electrons. The van der Waals surface area contributed by atoms with Crippen LogP contribution in [0.3, 0.4) is 0 Å². The minimum Gasteiger partial charge on any atom is -0.455 e. The Morgan fingerprint density at radius 3 is 1.98 bits per heavy atom. The van der Waals surface area contributed by atoms with Crippen LogP contribution in [0, 0.1) is 0 Å². The second-order valence-corrected chi connectivity index (χ2v) is 18.4. The largest absolute Gasteiger partial charge is 0.455 e. The zero-order valence-electron chi connectivity index (χ0n) is 34.3. The second kappa shape index (κ2) is 11.6. The number of anilines is 5. The van der Waals surface area contributed by atoms with Gasteiger partial charge >= 0.3 is 6.85 Å². The van der Waals surface area contributed by atoms with Crippen molar-refractivity contribution in [2.24, 2.45) is 0 Å². The average Bonchev–Trinajstić information content (AvgIpc) is 3.84. The van der Waals surface area contributed by atoms with E-state index in [0.29, 0.717) is 0 Å². The highest BCUT2D eigenvalue weighted by Gasteiger charge is 2.51. The molecule has 3 aliphatic rings. The van der Waals surface area contributed by atoms with Crippen LogP contribution < -0.4 is 20.6 Å². The van der Waals surface area contributed by atoms with Gasteiger partial charge in [-0.2, -0.15) is 0 Å². The maximum Gasteiger partial charge on any atom is 0.333 e. The molecule has 0 saturated heterocycles. The quantitative estimate of drug-likeness (QED) is 0.164. The van der Waals surface area contributed by atoms with E-state index in [2.05, 4.69) is 202 Å². The van der Waals surface area contributed by atoms with Gasteiger partial charge in [0.25, 0.3) is 0 Å². The van der Waals surface area contributed by atoms with Crippen LogP contribution in [0.15, 0.2) is 167 Å². The van der Waals surface area contributed by atoms with Crippen molar-refractivity contribution in [2.45, 2.75) is 45.4 Å². The maximum absolute atomic E-state index is 7.12. The summed E-state index contributed by atoms with van der Waals surface area (Å²) in [6.45, 7) is 11.5. The Morgan fingerprint density at radius 1 is 0.517 bits per heavy atom. The number of hydrogen-bond acceptors (Lipinski definition) is 4. The van der Waals surface area contributed by atoms with Gasteiger partial charge in [-0.1, -0.05) is 156 Å². The zero-order valence-corrected chi connectivity index (χ0v) is 34.3. The van der Waals surface area contributed by atoms with E-state index >= 15 is 0 Å². The van der Waals surface area contributed by atoms with Crippen molar-refractivity contribution in [3.8, 4) is 22.3 Å². The number of furan rings is 2. The van der Waals surface area contributed by atoms with Gasteiger partial charge in [-0.15, -0.1) is 0 Å². The molecule has 8 aromatic carbocycles. The lowest BCUT2D eigenvalue weighted by atomic mass is 9.42. The highest BCUT2D eigenvalue weighted by atomic mass is 16.3. The molecular weight excluding hydrogens is 731 g/mol. The topological polar surface area (TPSA) is 32.8 Å². The van der Waals surface area contributed by atoms with Crippen LogP contribution in [0.25, 0.3) is 66.1 Å². The fourth-order valence-corrected chi connectivity index (χ4v) is 10.9. The Kier molecular flexibility index (Phi) is 6.57. The van der Waals surface area contributed by atoms with Crippen molar-refractivity contribution >= 4 is 90.1 Å². The number of fused-ring (bicyclic) bond motifs is 14. The van der Waals surface area contributed by atoms with E-state index in [0.717, 1.165) is 60.9 Å². The molecule has 5 heteroatoms. The smallest absolute Gasteiger partial charge is 0.333 e. The number of rotatable bonds is 2. The average molecular weight is 773 g/mol. The van der Waals surface area contributed by atoms with Crippen LogP contribution in [0.1, 0.15) is 51.3 Å². The molecule has 0 bridgehead atoms. The summed E-state index contributed by atoms with van der Waals surface area (Å²) in [6, 6.07) is 58.0. The standard InChI is InChI=1S/C55H41BN2O2/c1-54(2,3)33-26-29-43(38(30-33)32-16-7-6-8-17-32)57-45-31-39-35-19-10-14-25-47(35)59-52(39)48-37-20-15-22-41-50(37)58(44-23-12-11-21-40(44)55(41,4)5)56(49(45)48)42-28-27-36-34-18-9-13-24-46(34)60-53(36)51(42)57/h6-31H,1-5H3. The van der Waals surface area contributed by atoms with Gasteiger partial charge < -0.3 is 18.5 Å². The van der Waals surface area contributed by atoms with Gasteiger partial charge in [0.1, 0.15) is 16.7 Å². The molecule has 0 atom stereocenters. The molecule has 0 fully saturated rings. The molecule has 0 saturated carbocycles. The summed E-state index contributed by atoms with van der Waals surface area (Å²) in [7, 11) is 0. The van der Waals surface area contributed by atoms with Crippen molar-refractivity contribution in [3.63, 3.8) is 0 Å². The molecular formula is C55H41BN2O2. The fraction of sp³-hybridized carbons (Fsp3) is 0.127. The number of hydrogen-bond donors (Lipinski definition) is 0. The van der Waals surface area contributed by atoms with Gasteiger partial charge in [-0.3, -0.25) is 0 Å². The van der Waals surface area contributed by atoms with Crippen molar-refractivity contribution < 1.29 is 8.83 Å². The molecule has 5 heterocycles. The Balaban J connectivity index is 1.26. The summed E-state index contributed by atoms with van der Waals surface area (Å²) in [5.74, 6) is 0. The molecule has 0 amide bonds. The minimum atomic E-state index is -0.230. The molecule has 286 valence electrons. The van der Waals surface area contributed by atoms with Crippen LogP contribution in [-0.4, -0.2) is 6.85 Å². The molecule has 3 aliphatic heterocycles. The Bertz CT molecular complexity index is 3480. The monoisotopic (exact) mass is 772 g/mol. The van der Waals surface area contributed by atoms with Crippen molar-refractivity contribution in [3.05, 3.63) is 174 Å². The van der Waals surface area contributed by atoms with E-state index in [1.54, 1.807) is 0 Å². The number of benzene rings is 8. The van der Waals surface area contributed by atoms with Gasteiger partial charge in [-0.05, 0) is 75.0 Å². The highest BCUT2D eigenvalue weighted by molar-refractivity contribution is 6.94. The molecule has 0 unspecified atom stereocenters.